The maximum Gasteiger partial charge on any atom is 0.224 e. The third kappa shape index (κ3) is 5.09. The monoisotopic (exact) mass is 428 g/mol. The molecule has 1 atom stereocenters. The molecule has 1 aromatic heterocycles. The molecule has 0 saturated heterocycles. The Kier molecular flexibility index (Phi) is 6.95. The maximum absolute atomic E-state index is 12.3. The van der Waals surface area contributed by atoms with E-state index in [-0.39, 0.29) is 18.9 Å². The molecule has 1 heterocycles. The first kappa shape index (κ1) is 22.1. The van der Waals surface area contributed by atoms with Crippen molar-refractivity contribution in [2.75, 3.05) is 19.4 Å². The van der Waals surface area contributed by atoms with E-state index < -0.39 is 15.1 Å². The molecule has 0 bridgehead atoms. The van der Waals surface area contributed by atoms with Gasteiger partial charge in [-0.3, -0.25) is 4.79 Å². The molecule has 0 radical (unpaired) electrons. The average Bonchev–Trinajstić information content (AvgIpc) is 3.04. The summed E-state index contributed by atoms with van der Waals surface area (Å²) in [6, 6.07) is 11.9. The summed E-state index contributed by atoms with van der Waals surface area (Å²) < 4.78 is 25.8. The number of hydrogen-bond donors (Lipinski definition) is 2. The first-order valence-electron chi connectivity index (χ1n) is 10.0. The quantitative estimate of drug-likeness (QED) is 0.633. The molecule has 30 heavy (non-hydrogen) atoms. The summed E-state index contributed by atoms with van der Waals surface area (Å²) in [7, 11) is -3.13. The SMILES string of the molecule is Cc1c(CC(=O)NCCCO)cc(C2=CCC(S(C)(=O)=O)C=C2)n1-c1ccccc1. The summed E-state index contributed by atoms with van der Waals surface area (Å²) in [5.74, 6) is -0.0892. The van der Waals surface area contributed by atoms with Crippen LogP contribution < -0.4 is 5.32 Å². The number of carbonyl (C=O) groups excluding carboxylic acids is 1. The molecule has 1 unspecified atom stereocenters. The largest absolute Gasteiger partial charge is 0.396 e. The molecular weight excluding hydrogens is 400 g/mol. The minimum absolute atomic E-state index is 0.0444. The first-order chi connectivity index (χ1) is 14.3. The van der Waals surface area contributed by atoms with E-state index in [4.69, 9.17) is 5.11 Å². The minimum Gasteiger partial charge on any atom is -0.396 e. The van der Waals surface area contributed by atoms with Gasteiger partial charge in [0, 0.05) is 30.8 Å². The van der Waals surface area contributed by atoms with Crippen molar-refractivity contribution in [3.05, 3.63) is 71.6 Å². The Bertz CT molecular complexity index is 1070. The van der Waals surface area contributed by atoms with Gasteiger partial charge in [0.05, 0.1) is 17.4 Å². The number of nitrogens with zero attached hydrogens (tertiary/aromatic N) is 1. The lowest BCUT2D eigenvalue weighted by atomic mass is 10.0. The van der Waals surface area contributed by atoms with E-state index in [9.17, 15) is 13.2 Å². The lowest BCUT2D eigenvalue weighted by Gasteiger charge is -2.17. The predicted octanol–water partition coefficient (Wildman–Crippen LogP) is 2.58. The van der Waals surface area contributed by atoms with E-state index in [0.29, 0.717) is 19.4 Å². The van der Waals surface area contributed by atoms with Crippen molar-refractivity contribution in [2.24, 2.45) is 0 Å². The molecule has 2 aromatic rings. The zero-order valence-corrected chi connectivity index (χ0v) is 18.2. The maximum atomic E-state index is 12.3. The smallest absolute Gasteiger partial charge is 0.224 e. The summed E-state index contributed by atoms with van der Waals surface area (Å²) in [6.45, 7) is 2.48. The van der Waals surface area contributed by atoms with E-state index in [1.54, 1.807) is 6.08 Å². The fourth-order valence-electron chi connectivity index (χ4n) is 3.61. The highest BCUT2D eigenvalue weighted by Crippen LogP contribution is 2.30. The van der Waals surface area contributed by atoms with Crippen LogP contribution >= 0.6 is 0 Å². The molecule has 160 valence electrons. The van der Waals surface area contributed by atoms with Crippen LogP contribution in [0.5, 0.6) is 0 Å². The second-order valence-electron chi connectivity index (χ2n) is 7.54. The van der Waals surface area contributed by atoms with Crippen molar-refractivity contribution < 1.29 is 18.3 Å². The molecule has 0 spiro atoms. The van der Waals surface area contributed by atoms with Gasteiger partial charge >= 0.3 is 0 Å². The van der Waals surface area contributed by atoms with E-state index in [1.807, 2.05) is 55.5 Å². The van der Waals surface area contributed by atoms with E-state index >= 15 is 0 Å². The molecule has 0 saturated carbocycles. The number of sulfone groups is 1. The lowest BCUT2D eigenvalue weighted by molar-refractivity contribution is -0.120. The van der Waals surface area contributed by atoms with E-state index in [1.165, 1.54) is 6.26 Å². The van der Waals surface area contributed by atoms with Gasteiger partial charge in [-0.1, -0.05) is 36.4 Å². The van der Waals surface area contributed by atoms with Crippen LogP contribution in [-0.2, 0) is 21.1 Å². The number of aromatic nitrogens is 1. The highest BCUT2D eigenvalue weighted by Gasteiger charge is 2.22. The Morgan fingerprint density at radius 1 is 1.27 bits per heavy atom. The van der Waals surface area contributed by atoms with Gasteiger partial charge in [0.25, 0.3) is 0 Å². The molecule has 1 aliphatic rings. The van der Waals surface area contributed by atoms with Crippen molar-refractivity contribution in [2.45, 2.75) is 31.4 Å². The number of hydrogen-bond acceptors (Lipinski definition) is 4. The molecule has 1 aliphatic carbocycles. The van der Waals surface area contributed by atoms with Gasteiger partial charge in [0.1, 0.15) is 0 Å². The van der Waals surface area contributed by atoms with Crippen LogP contribution in [0.4, 0.5) is 0 Å². The topological polar surface area (TPSA) is 88.4 Å². The Balaban J connectivity index is 1.95. The lowest BCUT2D eigenvalue weighted by Crippen LogP contribution is -2.26. The second-order valence-corrected chi connectivity index (χ2v) is 9.80. The molecule has 0 fully saturated rings. The predicted molar refractivity (Wildman–Crippen MR) is 119 cm³/mol. The molecule has 6 nitrogen and oxygen atoms in total. The van der Waals surface area contributed by atoms with Crippen molar-refractivity contribution in [3.8, 4) is 5.69 Å². The number of para-hydroxylation sites is 1. The number of allylic oxidation sites excluding steroid dienone is 3. The van der Waals surface area contributed by atoms with Crippen LogP contribution in [0.25, 0.3) is 11.3 Å². The van der Waals surface area contributed by atoms with Gasteiger partial charge in [-0.2, -0.15) is 0 Å². The van der Waals surface area contributed by atoms with Crippen LogP contribution in [0, 0.1) is 6.92 Å². The number of nitrogens with one attached hydrogen (secondary N) is 1. The molecule has 2 N–H and O–H groups in total. The molecule has 0 aliphatic heterocycles. The Labute approximate surface area is 177 Å². The summed E-state index contributed by atoms with van der Waals surface area (Å²) in [5.41, 5.74) is 4.73. The van der Waals surface area contributed by atoms with Crippen LogP contribution in [0.3, 0.4) is 0 Å². The number of carbonyl (C=O) groups is 1. The van der Waals surface area contributed by atoms with Crippen LogP contribution in [0.15, 0.2) is 54.6 Å². The van der Waals surface area contributed by atoms with Crippen molar-refractivity contribution in [3.63, 3.8) is 0 Å². The van der Waals surface area contributed by atoms with Gasteiger partial charge in [0.2, 0.25) is 5.91 Å². The molecular formula is C23H28N2O4S. The number of aliphatic hydroxyl groups is 1. The Hall–Kier alpha value is -2.64. The average molecular weight is 429 g/mol. The molecule has 7 heteroatoms. The molecule has 1 aromatic carbocycles. The van der Waals surface area contributed by atoms with Gasteiger partial charge in [-0.05, 0) is 49.1 Å². The summed E-state index contributed by atoms with van der Waals surface area (Å²) in [4.78, 5) is 12.3. The summed E-state index contributed by atoms with van der Waals surface area (Å²) >= 11 is 0. The Morgan fingerprint density at radius 2 is 2.00 bits per heavy atom. The Morgan fingerprint density at radius 3 is 2.60 bits per heavy atom. The van der Waals surface area contributed by atoms with Gasteiger partial charge in [0.15, 0.2) is 9.84 Å². The van der Waals surface area contributed by atoms with E-state index in [0.717, 1.165) is 28.2 Å². The fourth-order valence-corrected chi connectivity index (χ4v) is 4.42. The van der Waals surface area contributed by atoms with Crippen molar-refractivity contribution >= 4 is 21.3 Å². The van der Waals surface area contributed by atoms with Crippen LogP contribution in [0.1, 0.15) is 29.8 Å². The van der Waals surface area contributed by atoms with Gasteiger partial charge < -0.3 is 15.0 Å². The summed E-state index contributed by atoms with van der Waals surface area (Å²) in [6.07, 6.45) is 8.00. The van der Waals surface area contributed by atoms with Gasteiger partial charge in [-0.15, -0.1) is 0 Å². The summed E-state index contributed by atoms with van der Waals surface area (Å²) in [5, 5.41) is 11.2. The number of amides is 1. The normalized spacial score (nSPS) is 16.4. The molecule has 1 amide bonds. The third-order valence-corrected chi connectivity index (χ3v) is 6.73. The van der Waals surface area contributed by atoms with Crippen molar-refractivity contribution in [1.82, 2.24) is 9.88 Å². The van der Waals surface area contributed by atoms with Crippen molar-refractivity contribution in [1.29, 1.82) is 0 Å². The standard InChI is InChI=1S/C23H28N2O4S/c1-17-19(16-23(27)24-13-6-14-26)15-22(25(17)20-7-4-3-5-8-20)18-9-11-21(12-10-18)30(2,28)29/h3-5,7-11,15,21,26H,6,12-14,16H2,1-2H3,(H,24,27). The molecule has 3 rings (SSSR count). The zero-order valence-electron chi connectivity index (χ0n) is 17.3. The van der Waals surface area contributed by atoms with Crippen LogP contribution in [0.2, 0.25) is 0 Å². The second kappa shape index (κ2) is 9.45. The highest BCUT2D eigenvalue weighted by molar-refractivity contribution is 7.91. The minimum atomic E-state index is -3.13. The van der Waals surface area contributed by atoms with Crippen LogP contribution in [-0.4, -0.2) is 48.7 Å². The number of aliphatic hydroxyl groups excluding tert-OH is 1. The van der Waals surface area contributed by atoms with E-state index in [2.05, 4.69) is 9.88 Å². The zero-order chi connectivity index (χ0) is 21.7. The first-order valence-corrected chi connectivity index (χ1v) is 12.0. The highest BCUT2D eigenvalue weighted by atomic mass is 32.2. The third-order valence-electron chi connectivity index (χ3n) is 5.28. The number of benzene rings is 1. The number of rotatable bonds is 8. The fraction of sp³-hybridized carbons (Fsp3) is 0.348. The van der Waals surface area contributed by atoms with Gasteiger partial charge in [-0.25, -0.2) is 8.42 Å².